The number of carbonyl (C=O) groups excluding carboxylic acids is 1. The van der Waals surface area contributed by atoms with Gasteiger partial charge in [0.05, 0.1) is 15.4 Å². The summed E-state index contributed by atoms with van der Waals surface area (Å²) >= 11 is 3.16. The summed E-state index contributed by atoms with van der Waals surface area (Å²) in [5, 5.41) is 2.98. The van der Waals surface area contributed by atoms with Gasteiger partial charge in [-0.1, -0.05) is 19.9 Å². The fourth-order valence-corrected chi connectivity index (χ4v) is 3.34. The lowest BCUT2D eigenvalue weighted by Gasteiger charge is -2.00. The highest BCUT2D eigenvalue weighted by Crippen LogP contribution is 2.32. The molecule has 0 radical (unpaired) electrons. The van der Waals surface area contributed by atoms with Crippen molar-refractivity contribution >= 4 is 28.5 Å². The van der Waals surface area contributed by atoms with E-state index < -0.39 is 0 Å². The van der Waals surface area contributed by atoms with Crippen LogP contribution in [0, 0.1) is 12.8 Å². The molecule has 0 spiro atoms. The minimum Gasteiger partial charge on any atom is -0.293 e. The molecule has 0 bridgehead atoms. The van der Waals surface area contributed by atoms with E-state index in [1.165, 1.54) is 11.3 Å². The van der Waals surface area contributed by atoms with Crippen LogP contribution in [0.5, 0.6) is 0 Å². The second-order valence-electron chi connectivity index (χ2n) is 3.93. The minimum absolute atomic E-state index is 0.0373. The van der Waals surface area contributed by atoms with Crippen LogP contribution in [0.2, 0.25) is 0 Å². The molecule has 0 atom stereocenters. The van der Waals surface area contributed by atoms with Crippen molar-refractivity contribution in [2.75, 3.05) is 0 Å². The lowest BCUT2D eigenvalue weighted by atomic mass is 10.1. The Kier molecular flexibility index (Phi) is 3.21. The van der Waals surface area contributed by atoms with Gasteiger partial charge in [-0.3, -0.25) is 4.79 Å². The zero-order valence-corrected chi connectivity index (χ0v) is 11.1. The molecule has 2 aromatic rings. The van der Waals surface area contributed by atoms with Gasteiger partial charge in [-0.15, -0.1) is 22.7 Å². The fourth-order valence-electron chi connectivity index (χ4n) is 1.39. The number of thiophene rings is 1. The van der Waals surface area contributed by atoms with E-state index in [-0.39, 0.29) is 11.7 Å². The zero-order valence-electron chi connectivity index (χ0n) is 9.48. The van der Waals surface area contributed by atoms with Crippen LogP contribution >= 0.6 is 22.7 Å². The Balaban J connectivity index is 2.40. The van der Waals surface area contributed by atoms with Gasteiger partial charge in [0, 0.05) is 5.92 Å². The summed E-state index contributed by atoms with van der Waals surface area (Å²) < 4.78 is 0. The summed E-state index contributed by atoms with van der Waals surface area (Å²) in [4.78, 5) is 18.3. The summed E-state index contributed by atoms with van der Waals surface area (Å²) in [6.45, 7) is 5.75. The van der Waals surface area contributed by atoms with Crippen molar-refractivity contribution < 1.29 is 4.79 Å². The van der Waals surface area contributed by atoms with Crippen LogP contribution in [0.15, 0.2) is 17.5 Å². The third-order valence-electron chi connectivity index (χ3n) is 2.28. The largest absolute Gasteiger partial charge is 0.293 e. The SMILES string of the molecule is Cc1nc(-c2cccs2)sc1C(=O)C(C)C. The van der Waals surface area contributed by atoms with Gasteiger partial charge in [0.25, 0.3) is 0 Å². The van der Waals surface area contributed by atoms with Crippen molar-refractivity contribution in [2.24, 2.45) is 5.92 Å². The molecule has 4 heteroatoms. The molecule has 2 nitrogen and oxygen atoms in total. The van der Waals surface area contributed by atoms with Gasteiger partial charge in [-0.25, -0.2) is 4.98 Å². The third-order valence-corrected chi connectivity index (χ3v) is 4.49. The zero-order chi connectivity index (χ0) is 11.7. The maximum Gasteiger partial charge on any atom is 0.177 e. The average molecular weight is 251 g/mol. The predicted molar refractivity (Wildman–Crippen MR) is 69.3 cm³/mol. The Hall–Kier alpha value is -1.00. The van der Waals surface area contributed by atoms with Gasteiger partial charge < -0.3 is 0 Å². The van der Waals surface area contributed by atoms with Crippen molar-refractivity contribution in [2.45, 2.75) is 20.8 Å². The number of aromatic nitrogens is 1. The minimum atomic E-state index is 0.0373. The number of aryl methyl sites for hydroxylation is 1. The summed E-state index contributed by atoms with van der Waals surface area (Å²) in [6, 6.07) is 4.03. The lowest BCUT2D eigenvalue weighted by Crippen LogP contribution is -2.06. The van der Waals surface area contributed by atoms with Crippen LogP contribution in [0.1, 0.15) is 29.2 Å². The van der Waals surface area contributed by atoms with Crippen molar-refractivity contribution in [3.63, 3.8) is 0 Å². The first-order valence-corrected chi connectivity index (χ1v) is 6.84. The summed E-state index contributed by atoms with van der Waals surface area (Å²) in [5.41, 5.74) is 0.854. The highest BCUT2D eigenvalue weighted by Gasteiger charge is 2.18. The van der Waals surface area contributed by atoms with E-state index in [9.17, 15) is 4.79 Å². The number of carbonyl (C=O) groups is 1. The Morgan fingerprint density at radius 2 is 2.19 bits per heavy atom. The van der Waals surface area contributed by atoms with E-state index >= 15 is 0 Å². The normalized spacial score (nSPS) is 11.0. The molecule has 16 heavy (non-hydrogen) atoms. The molecule has 84 valence electrons. The van der Waals surface area contributed by atoms with Gasteiger partial charge >= 0.3 is 0 Å². The Bertz CT molecular complexity index is 497. The second kappa shape index (κ2) is 4.47. The standard InChI is InChI=1S/C12H13NOS2/c1-7(2)10(14)11-8(3)13-12(16-11)9-5-4-6-15-9/h4-7H,1-3H3. The first-order chi connectivity index (χ1) is 7.59. The molecular weight excluding hydrogens is 238 g/mol. The van der Waals surface area contributed by atoms with E-state index in [4.69, 9.17) is 0 Å². The summed E-state index contributed by atoms with van der Waals surface area (Å²) in [5.74, 6) is 0.230. The van der Waals surface area contributed by atoms with Crippen LogP contribution in [0.3, 0.4) is 0 Å². The number of hydrogen-bond acceptors (Lipinski definition) is 4. The van der Waals surface area contributed by atoms with E-state index in [0.29, 0.717) is 0 Å². The van der Waals surface area contributed by atoms with Gasteiger partial charge in [-0.2, -0.15) is 0 Å². The van der Waals surface area contributed by atoms with Crippen molar-refractivity contribution in [3.8, 4) is 9.88 Å². The van der Waals surface area contributed by atoms with Crippen LogP contribution in [-0.2, 0) is 0 Å². The molecule has 2 rings (SSSR count). The third kappa shape index (κ3) is 2.08. The highest BCUT2D eigenvalue weighted by molar-refractivity contribution is 7.22. The van der Waals surface area contributed by atoms with E-state index in [0.717, 1.165) is 20.5 Å². The molecule has 0 saturated heterocycles. The second-order valence-corrected chi connectivity index (χ2v) is 5.88. The molecule has 0 aliphatic heterocycles. The molecule has 0 unspecified atom stereocenters. The van der Waals surface area contributed by atoms with Gasteiger partial charge in [-0.05, 0) is 18.4 Å². The smallest absolute Gasteiger partial charge is 0.177 e. The topological polar surface area (TPSA) is 30.0 Å². The predicted octanol–water partition coefficient (Wildman–Crippen LogP) is 4.02. The molecule has 0 fully saturated rings. The quantitative estimate of drug-likeness (QED) is 0.771. The Morgan fingerprint density at radius 3 is 2.75 bits per heavy atom. The number of hydrogen-bond donors (Lipinski definition) is 0. The van der Waals surface area contributed by atoms with E-state index in [2.05, 4.69) is 4.98 Å². The van der Waals surface area contributed by atoms with Crippen molar-refractivity contribution in [1.82, 2.24) is 4.98 Å². The number of nitrogens with zero attached hydrogens (tertiary/aromatic N) is 1. The maximum absolute atomic E-state index is 11.9. The maximum atomic E-state index is 11.9. The molecule has 0 aliphatic rings. The molecule has 2 heterocycles. The molecule has 0 aliphatic carbocycles. The molecule has 0 saturated carbocycles. The van der Waals surface area contributed by atoms with E-state index in [1.54, 1.807) is 11.3 Å². The fraction of sp³-hybridized carbons (Fsp3) is 0.333. The van der Waals surface area contributed by atoms with Gasteiger partial charge in [0.15, 0.2) is 5.78 Å². The average Bonchev–Trinajstić information content (AvgIpc) is 2.84. The monoisotopic (exact) mass is 251 g/mol. The summed E-state index contributed by atoms with van der Waals surface area (Å²) in [7, 11) is 0. The van der Waals surface area contributed by atoms with Gasteiger partial charge in [0.2, 0.25) is 0 Å². The Labute approximate surface area is 103 Å². The number of rotatable bonds is 3. The van der Waals surface area contributed by atoms with E-state index in [1.807, 2.05) is 38.3 Å². The highest BCUT2D eigenvalue weighted by atomic mass is 32.1. The lowest BCUT2D eigenvalue weighted by molar-refractivity contribution is 0.0942. The number of thiazole rings is 1. The van der Waals surface area contributed by atoms with Crippen molar-refractivity contribution in [1.29, 1.82) is 0 Å². The first kappa shape index (κ1) is 11.5. The van der Waals surface area contributed by atoms with Crippen LogP contribution < -0.4 is 0 Å². The summed E-state index contributed by atoms with van der Waals surface area (Å²) in [6.07, 6.45) is 0. The first-order valence-electron chi connectivity index (χ1n) is 5.15. The number of ketones is 1. The van der Waals surface area contributed by atoms with Crippen LogP contribution in [0.25, 0.3) is 9.88 Å². The van der Waals surface area contributed by atoms with Crippen LogP contribution in [0.4, 0.5) is 0 Å². The van der Waals surface area contributed by atoms with Crippen molar-refractivity contribution in [3.05, 3.63) is 28.1 Å². The van der Waals surface area contributed by atoms with Crippen LogP contribution in [-0.4, -0.2) is 10.8 Å². The Morgan fingerprint density at radius 1 is 1.44 bits per heavy atom. The molecular formula is C12H13NOS2. The molecule has 0 aromatic carbocycles. The molecule has 2 aromatic heterocycles. The molecule has 0 amide bonds. The number of Topliss-reactive ketones (excluding diaryl/α,β-unsaturated/α-hetero) is 1. The van der Waals surface area contributed by atoms with Gasteiger partial charge in [0.1, 0.15) is 5.01 Å². The molecule has 0 N–H and O–H groups in total.